The van der Waals surface area contributed by atoms with E-state index in [1.807, 2.05) is 0 Å². The molecule has 21 heavy (non-hydrogen) atoms. The van der Waals surface area contributed by atoms with Gasteiger partial charge in [-0.1, -0.05) is 6.08 Å². The predicted molar refractivity (Wildman–Crippen MR) is 68.6 cm³/mol. The van der Waals surface area contributed by atoms with Gasteiger partial charge in [-0.05, 0) is 6.42 Å². The second-order valence-electron chi connectivity index (χ2n) is 4.63. The largest absolute Gasteiger partial charge is 0.786 e. The lowest BCUT2D eigenvalue weighted by atomic mass is 10.1. The monoisotopic (exact) mass is 319 g/mol. The number of primary amides is 1. The number of carbonyl (C=O) groups is 1. The number of rotatable bonds is 5. The fraction of sp³-hybridized carbons (Fsp3) is 0.545. The van der Waals surface area contributed by atoms with Crippen molar-refractivity contribution in [3.63, 3.8) is 0 Å². The van der Waals surface area contributed by atoms with Gasteiger partial charge in [-0.3, -0.25) is 4.79 Å². The Bertz CT molecular complexity index is 456. The first kappa shape index (κ1) is 16.3. The molecule has 2 rings (SSSR count). The Morgan fingerprint density at radius 1 is 1.57 bits per heavy atom. The van der Waals surface area contributed by atoms with E-state index in [0.717, 1.165) is 0 Å². The van der Waals surface area contributed by atoms with Crippen LogP contribution in [0.25, 0.3) is 0 Å². The maximum atomic E-state index is 11.2. The number of ether oxygens (including phenoxy) is 1. The molecule has 2 aliphatic rings. The Morgan fingerprint density at radius 3 is 2.90 bits per heavy atom. The fourth-order valence-electron chi connectivity index (χ4n) is 2.15. The molecule has 118 valence electrons. The molecule has 0 aromatic rings. The zero-order valence-electron chi connectivity index (χ0n) is 10.9. The molecular formula is C11H16N2O7P-. The molecular weight excluding hydrogens is 303 g/mol. The van der Waals surface area contributed by atoms with Crippen molar-refractivity contribution >= 4 is 14.5 Å². The van der Waals surface area contributed by atoms with Crippen LogP contribution in [0.15, 0.2) is 24.0 Å². The van der Waals surface area contributed by atoms with E-state index in [2.05, 4.69) is 4.52 Å². The maximum Gasteiger partial charge on any atom is 0.246 e. The van der Waals surface area contributed by atoms with Gasteiger partial charge in [0.05, 0.1) is 15.2 Å². The third-order valence-corrected chi connectivity index (χ3v) is 3.59. The zero-order valence-corrected chi connectivity index (χ0v) is 11.8. The van der Waals surface area contributed by atoms with Gasteiger partial charge in [0.2, 0.25) is 5.91 Å². The number of amides is 1. The molecule has 0 aliphatic carbocycles. The number of hydrogen-bond acceptors (Lipinski definition) is 8. The highest BCUT2D eigenvalue weighted by Crippen LogP contribution is 2.29. The number of nitrogens with two attached hydrogens (primary N) is 1. The summed E-state index contributed by atoms with van der Waals surface area (Å²) in [5, 5.41) is 19.8. The van der Waals surface area contributed by atoms with Crippen LogP contribution in [0.4, 0.5) is 0 Å². The number of carbonyl (C=O) groups excluding carboxylic acids is 1. The highest BCUT2D eigenvalue weighted by Gasteiger charge is 2.45. The summed E-state index contributed by atoms with van der Waals surface area (Å²) >= 11 is 0. The summed E-state index contributed by atoms with van der Waals surface area (Å²) in [4.78, 5) is 31.6. The molecule has 9 nitrogen and oxygen atoms in total. The molecule has 5 N–H and O–H groups in total. The van der Waals surface area contributed by atoms with E-state index in [-0.39, 0.29) is 6.61 Å². The van der Waals surface area contributed by atoms with Crippen LogP contribution in [0, 0.1) is 0 Å². The summed E-state index contributed by atoms with van der Waals surface area (Å²) in [7, 11) is -2.82. The van der Waals surface area contributed by atoms with E-state index in [1.54, 1.807) is 12.3 Å². The zero-order chi connectivity index (χ0) is 15.6. The molecule has 0 aromatic heterocycles. The molecule has 0 radical (unpaired) electrons. The van der Waals surface area contributed by atoms with Gasteiger partial charge in [0.1, 0.15) is 18.3 Å². The summed E-state index contributed by atoms with van der Waals surface area (Å²) in [6.45, 7) is -0.343. The number of nitrogens with zero attached hydrogens (tertiary/aromatic N) is 1. The molecule has 2 heterocycles. The van der Waals surface area contributed by atoms with Crippen LogP contribution in [0.1, 0.15) is 6.42 Å². The number of aliphatic hydroxyl groups excluding tert-OH is 2. The van der Waals surface area contributed by atoms with Crippen LogP contribution in [-0.4, -0.2) is 57.1 Å². The molecule has 3 unspecified atom stereocenters. The lowest BCUT2D eigenvalue weighted by molar-refractivity contribution is -0.202. The molecule has 1 saturated heterocycles. The third kappa shape index (κ3) is 3.78. The Hall–Kier alpha value is -1.06. The number of allylic oxidation sites excluding steroid dienone is 1. The van der Waals surface area contributed by atoms with Crippen molar-refractivity contribution in [3.8, 4) is 0 Å². The predicted octanol–water partition coefficient (Wildman–Crippen LogP) is -2.38. The summed E-state index contributed by atoms with van der Waals surface area (Å²) < 4.78 is 9.90. The summed E-state index contributed by atoms with van der Waals surface area (Å²) in [5.74, 6) is -0.588. The van der Waals surface area contributed by atoms with E-state index >= 15 is 0 Å². The minimum Gasteiger partial charge on any atom is -0.786 e. The van der Waals surface area contributed by atoms with Crippen molar-refractivity contribution in [2.24, 2.45) is 5.73 Å². The van der Waals surface area contributed by atoms with Crippen LogP contribution < -0.4 is 10.6 Å². The number of aliphatic hydroxyl groups is 2. The molecule has 0 spiro atoms. The molecule has 0 aromatic carbocycles. The van der Waals surface area contributed by atoms with Gasteiger partial charge in [-0.2, -0.15) is 0 Å². The van der Waals surface area contributed by atoms with Crippen LogP contribution >= 0.6 is 8.60 Å². The van der Waals surface area contributed by atoms with Gasteiger partial charge in [-0.25, -0.2) is 0 Å². The third-order valence-electron chi connectivity index (χ3n) is 3.22. The van der Waals surface area contributed by atoms with Crippen LogP contribution in [0.3, 0.4) is 0 Å². The summed E-state index contributed by atoms with van der Waals surface area (Å²) in [6.07, 6.45) is 0.578. The first-order valence-corrected chi connectivity index (χ1v) is 7.28. The van der Waals surface area contributed by atoms with Gasteiger partial charge in [0.15, 0.2) is 6.23 Å². The Kier molecular flexibility index (Phi) is 5.28. The van der Waals surface area contributed by atoms with Gasteiger partial charge < -0.3 is 39.9 Å². The first-order chi connectivity index (χ1) is 9.90. The van der Waals surface area contributed by atoms with Gasteiger partial charge in [0, 0.05) is 18.0 Å². The standard InChI is InChI=1S/C11H16N2O7P/c12-10(16)6-2-1-3-13(4-6)11-9(15)8(14)7(20-11)5-19-21(17)18/h1,3-4,7-9,11,14-15,17H,2,5H2,(H2,12,16)/q-1/t7?,8-,9-,11?/m0/s1. The van der Waals surface area contributed by atoms with E-state index in [0.29, 0.717) is 12.0 Å². The van der Waals surface area contributed by atoms with Gasteiger partial charge in [-0.15, -0.1) is 0 Å². The summed E-state index contributed by atoms with van der Waals surface area (Å²) in [5.41, 5.74) is 5.53. The van der Waals surface area contributed by atoms with Gasteiger partial charge in [0.25, 0.3) is 0 Å². The SMILES string of the molecule is NC(=O)C1=CN(C2OC(COP([O-])O)[C@H](O)[C@@H]2O)C=CC1. The van der Waals surface area contributed by atoms with Crippen molar-refractivity contribution in [1.29, 1.82) is 0 Å². The van der Waals surface area contributed by atoms with Gasteiger partial charge >= 0.3 is 0 Å². The average Bonchev–Trinajstić information content (AvgIpc) is 2.73. The molecule has 1 fully saturated rings. The summed E-state index contributed by atoms with van der Waals surface area (Å²) in [6, 6.07) is 0. The lowest BCUT2D eigenvalue weighted by Crippen LogP contribution is -2.40. The quantitative estimate of drug-likeness (QED) is 0.410. The highest BCUT2D eigenvalue weighted by molar-refractivity contribution is 7.37. The smallest absolute Gasteiger partial charge is 0.246 e. The van der Waals surface area contributed by atoms with Crippen LogP contribution in [0.5, 0.6) is 0 Å². The van der Waals surface area contributed by atoms with Crippen molar-refractivity contribution in [2.75, 3.05) is 6.61 Å². The molecule has 1 amide bonds. The van der Waals surface area contributed by atoms with E-state index in [9.17, 15) is 19.9 Å². The minimum absolute atomic E-state index is 0.334. The van der Waals surface area contributed by atoms with Crippen molar-refractivity contribution in [2.45, 2.75) is 31.0 Å². The second-order valence-corrected chi connectivity index (χ2v) is 5.37. The normalized spacial score (nSPS) is 33.9. The molecule has 0 saturated carbocycles. The lowest BCUT2D eigenvalue weighted by Gasteiger charge is -2.28. The fourth-order valence-corrected chi connectivity index (χ4v) is 2.42. The molecule has 10 heteroatoms. The van der Waals surface area contributed by atoms with Crippen LogP contribution in [0.2, 0.25) is 0 Å². The Balaban J connectivity index is 2.05. The van der Waals surface area contributed by atoms with Crippen LogP contribution in [-0.2, 0) is 14.1 Å². The van der Waals surface area contributed by atoms with E-state index in [4.69, 9.17) is 15.4 Å². The molecule has 2 aliphatic heterocycles. The topological polar surface area (TPSA) is 149 Å². The maximum absolute atomic E-state index is 11.2. The minimum atomic E-state index is -2.82. The Morgan fingerprint density at radius 2 is 2.29 bits per heavy atom. The first-order valence-electron chi connectivity index (χ1n) is 6.15. The highest BCUT2D eigenvalue weighted by atomic mass is 31.2. The van der Waals surface area contributed by atoms with Crippen molar-refractivity contribution in [3.05, 3.63) is 24.0 Å². The Labute approximate surface area is 121 Å². The molecule has 5 atom stereocenters. The average molecular weight is 319 g/mol. The number of hydrogen-bond donors (Lipinski definition) is 4. The second kappa shape index (κ2) is 6.80. The van der Waals surface area contributed by atoms with Crippen molar-refractivity contribution in [1.82, 2.24) is 4.90 Å². The van der Waals surface area contributed by atoms with E-state index in [1.165, 1.54) is 11.1 Å². The van der Waals surface area contributed by atoms with E-state index < -0.39 is 39.0 Å². The molecule has 0 bridgehead atoms. The van der Waals surface area contributed by atoms with Crippen molar-refractivity contribution < 1.29 is 34.1 Å².